The largest absolute Gasteiger partial charge is 0.472 e. The van der Waals surface area contributed by atoms with Crippen molar-refractivity contribution < 1.29 is 80.2 Å². The van der Waals surface area contributed by atoms with Crippen LogP contribution in [0.3, 0.4) is 0 Å². The summed E-state index contributed by atoms with van der Waals surface area (Å²) in [5, 5.41) is 10.6. The summed E-state index contributed by atoms with van der Waals surface area (Å²) in [4.78, 5) is 72.5. The number of aliphatic hydroxyl groups excluding tert-OH is 1. The van der Waals surface area contributed by atoms with Crippen LogP contribution in [-0.4, -0.2) is 96.7 Å². The molecule has 0 bridgehead atoms. The maximum absolute atomic E-state index is 13.0. The Kier molecular flexibility index (Phi) is 63.0. The zero-order valence-corrected chi connectivity index (χ0v) is 60.1. The van der Waals surface area contributed by atoms with Gasteiger partial charge in [-0.1, -0.05) is 317 Å². The lowest BCUT2D eigenvalue weighted by molar-refractivity contribution is -0.161. The molecule has 0 saturated carbocycles. The van der Waals surface area contributed by atoms with Crippen molar-refractivity contribution in [2.45, 2.75) is 387 Å². The first-order chi connectivity index (χ1) is 43.5. The van der Waals surface area contributed by atoms with Crippen LogP contribution in [0.25, 0.3) is 0 Å². The summed E-state index contributed by atoms with van der Waals surface area (Å²) in [6, 6.07) is 0. The molecule has 90 heavy (non-hydrogen) atoms. The number of phosphoric acid groups is 2. The average Bonchev–Trinajstić information content (AvgIpc) is 3.22. The van der Waals surface area contributed by atoms with Crippen LogP contribution < -0.4 is 0 Å². The maximum atomic E-state index is 13.0. The van der Waals surface area contributed by atoms with Crippen LogP contribution in [0.15, 0.2) is 0 Å². The monoisotopic (exact) mass is 1320 g/mol. The normalized spacial score (nSPS) is 14.1. The first-order valence-electron chi connectivity index (χ1n) is 37.1. The van der Waals surface area contributed by atoms with Gasteiger partial charge < -0.3 is 33.8 Å². The van der Waals surface area contributed by atoms with E-state index in [-0.39, 0.29) is 25.7 Å². The van der Waals surface area contributed by atoms with Crippen molar-refractivity contribution in [1.82, 2.24) is 0 Å². The molecule has 0 radical (unpaired) electrons. The van der Waals surface area contributed by atoms with Crippen LogP contribution in [0.4, 0.5) is 0 Å². The number of carbonyl (C=O) groups is 4. The van der Waals surface area contributed by atoms with Crippen LogP contribution in [0.2, 0.25) is 0 Å². The van der Waals surface area contributed by atoms with E-state index in [1.54, 1.807) is 0 Å². The van der Waals surface area contributed by atoms with Gasteiger partial charge in [-0.15, -0.1) is 0 Å². The Morgan fingerprint density at radius 3 is 0.756 bits per heavy atom. The lowest BCUT2D eigenvalue weighted by Gasteiger charge is -2.21. The molecule has 0 fully saturated rings. The first kappa shape index (κ1) is 88.1. The predicted octanol–water partition coefficient (Wildman–Crippen LogP) is 20.5. The smallest absolute Gasteiger partial charge is 0.462 e. The van der Waals surface area contributed by atoms with E-state index in [0.717, 1.165) is 95.8 Å². The molecule has 17 nitrogen and oxygen atoms in total. The Balaban J connectivity index is 5.19. The van der Waals surface area contributed by atoms with Gasteiger partial charge in [-0.05, 0) is 31.6 Å². The van der Waals surface area contributed by atoms with Gasteiger partial charge in [-0.3, -0.25) is 37.3 Å². The van der Waals surface area contributed by atoms with Gasteiger partial charge in [0, 0.05) is 25.7 Å². The summed E-state index contributed by atoms with van der Waals surface area (Å²) < 4.78 is 68.2. The Hall–Kier alpha value is -1.94. The van der Waals surface area contributed by atoms with Crippen LogP contribution in [0.5, 0.6) is 0 Å². The van der Waals surface area contributed by atoms with E-state index < -0.39 is 97.5 Å². The fourth-order valence-corrected chi connectivity index (χ4v) is 12.4. The standard InChI is InChI=1S/C71H138O17P2/c1-6-9-12-15-18-21-23-24-25-26-27-28-29-30-32-35-42-47-52-57-71(76)88-67(61-82-69(74)55-50-45-40-37-36-38-43-48-53-64(4)5)63-86-90(79,80)84-59-65(72)58-83-89(77,78)85-62-66(60-81-68(73)54-49-44-39-33-20-17-14-11-8-3)87-70(75)56-51-46-41-34-31-22-19-16-13-10-7-2/h64-67,72H,6-63H2,1-5H3,(H,77,78)(H,79,80)/t65-,66+,67+/m0/s1. The molecule has 0 aromatic heterocycles. The second-order valence-electron chi connectivity index (χ2n) is 26.1. The number of hydrogen-bond acceptors (Lipinski definition) is 15. The van der Waals surface area contributed by atoms with E-state index >= 15 is 0 Å². The van der Waals surface area contributed by atoms with Gasteiger partial charge in [0.15, 0.2) is 12.2 Å². The molecule has 0 amide bonds. The highest BCUT2D eigenvalue weighted by Gasteiger charge is 2.30. The topological polar surface area (TPSA) is 237 Å². The van der Waals surface area contributed by atoms with Gasteiger partial charge in [-0.2, -0.15) is 0 Å². The summed E-state index contributed by atoms with van der Waals surface area (Å²) in [5.74, 6) is -1.40. The van der Waals surface area contributed by atoms with Crippen molar-refractivity contribution in [3.63, 3.8) is 0 Å². The Labute approximate surface area is 549 Å². The van der Waals surface area contributed by atoms with Crippen molar-refractivity contribution in [2.24, 2.45) is 5.92 Å². The summed E-state index contributed by atoms with van der Waals surface area (Å²) in [6.07, 6.45) is 51.4. The van der Waals surface area contributed by atoms with Gasteiger partial charge in [-0.25, -0.2) is 9.13 Å². The number of aliphatic hydroxyl groups is 1. The van der Waals surface area contributed by atoms with Crippen molar-refractivity contribution in [3.05, 3.63) is 0 Å². The highest BCUT2D eigenvalue weighted by Crippen LogP contribution is 2.45. The second kappa shape index (κ2) is 64.4. The maximum Gasteiger partial charge on any atom is 0.472 e. The lowest BCUT2D eigenvalue weighted by atomic mass is 10.0. The van der Waals surface area contributed by atoms with E-state index in [1.165, 1.54) is 193 Å². The van der Waals surface area contributed by atoms with Crippen LogP contribution in [0, 0.1) is 5.92 Å². The SMILES string of the molecule is CCCCCCCCCCCCCCCCCCCCCC(=O)O[C@H](COC(=O)CCCCCCCCCCC(C)C)COP(=O)(O)OC[C@@H](O)COP(=O)(O)OC[C@@H](COC(=O)CCCCCCCCCCC)OC(=O)CCCCCCCCCCCCC. The van der Waals surface area contributed by atoms with Gasteiger partial charge in [0.2, 0.25) is 0 Å². The molecule has 5 atom stereocenters. The molecule has 0 aromatic rings. The third-order valence-corrected chi connectivity index (χ3v) is 18.4. The molecule has 0 aliphatic rings. The third-order valence-electron chi connectivity index (χ3n) is 16.5. The Morgan fingerprint density at radius 2 is 0.511 bits per heavy atom. The zero-order valence-electron chi connectivity index (χ0n) is 58.3. The van der Waals surface area contributed by atoms with Crippen molar-refractivity contribution in [3.8, 4) is 0 Å². The number of unbranched alkanes of at least 4 members (excludes halogenated alkanes) is 43. The number of hydrogen-bond donors (Lipinski definition) is 3. The van der Waals surface area contributed by atoms with E-state index in [0.29, 0.717) is 25.7 Å². The second-order valence-corrected chi connectivity index (χ2v) is 29.0. The number of ether oxygens (including phenoxy) is 4. The number of phosphoric ester groups is 2. The molecule has 0 spiro atoms. The predicted molar refractivity (Wildman–Crippen MR) is 363 cm³/mol. The zero-order chi connectivity index (χ0) is 66.3. The molecule has 0 rings (SSSR count). The highest BCUT2D eigenvalue weighted by molar-refractivity contribution is 7.47. The number of esters is 4. The highest BCUT2D eigenvalue weighted by atomic mass is 31.2. The molecule has 3 N–H and O–H groups in total. The van der Waals surface area contributed by atoms with Crippen molar-refractivity contribution in [1.29, 1.82) is 0 Å². The van der Waals surface area contributed by atoms with Crippen LogP contribution in [-0.2, 0) is 65.4 Å². The first-order valence-corrected chi connectivity index (χ1v) is 40.1. The molecule has 0 aliphatic heterocycles. The molecule has 534 valence electrons. The summed E-state index contributed by atoms with van der Waals surface area (Å²) >= 11 is 0. The van der Waals surface area contributed by atoms with E-state index in [4.69, 9.17) is 37.0 Å². The average molecular weight is 1330 g/mol. The fraction of sp³-hybridized carbons (Fsp3) is 0.944. The number of carbonyl (C=O) groups excluding carboxylic acids is 4. The molecule has 2 unspecified atom stereocenters. The Morgan fingerprint density at radius 1 is 0.300 bits per heavy atom. The lowest BCUT2D eigenvalue weighted by Crippen LogP contribution is -2.30. The molecule has 0 aromatic carbocycles. The van der Waals surface area contributed by atoms with Gasteiger partial charge in [0.25, 0.3) is 0 Å². The van der Waals surface area contributed by atoms with Crippen molar-refractivity contribution >= 4 is 39.5 Å². The minimum atomic E-state index is -4.95. The summed E-state index contributed by atoms with van der Waals surface area (Å²) in [6.45, 7) is 7.20. The van der Waals surface area contributed by atoms with Crippen LogP contribution >= 0.6 is 15.6 Å². The minimum Gasteiger partial charge on any atom is -0.462 e. The van der Waals surface area contributed by atoms with Gasteiger partial charge >= 0.3 is 39.5 Å². The third kappa shape index (κ3) is 64.8. The van der Waals surface area contributed by atoms with Gasteiger partial charge in [0.1, 0.15) is 19.3 Å². The summed E-state index contributed by atoms with van der Waals surface area (Å²) in [5.41, 5.74) is 0. The van der Waals surface area contributed by atoms with Crippen molar-refractivity contribution in [2.75, 3.05) is 39.6 Å². The number of rotatable bonds is 71. The minimum absolute atomic E-state index is 0.107. The quantitative estimate of drug-likeness (QED) is 0.0222. The molecule has 0 saturated heterocycles. The molecular weight excluding hydrogens is 1190 g/mol. The molecular formula is C71H138O17P2. The molecule has 0 heterocycles. The molecule has 0 aliphatic carbocycles. The van der Waals surface area contributed by atoms with Gasteiger partial charge in [0.05, 0.1) is 26.4 Å². The van der Waals surface area contributed by atoms with E-state index in [9.17, 15) is 43.2 Å². The summed E-state index contributed by atoms with van der Waals surface area (Å²) in [7, 11) is -9.90. The molecule has 19 heteroatoms. The van der Waals surface area contributed by atoms with E-state index in [2.05, 4.69) is 34.6 Å². The van der Waals surface area contributed by atoms with E-state index in [1.807, 2.05) is 0 Å². The fourth-order valence-electron chi connectivity index (χ4n) is 10.8. The van der Waals surface area contributed by atoms with Crippen LogP contribution in [0.1, 0.15) is 369 Å². The Bertz CT molecular complexity index is 1740.